The molecular weight excluding hydrogens is 386 g/mol. The van der Waals surface area contributed by atoms with Gasteiger partial charge in [0, 0.05) is 21.5 Å². The zero-order chi connectivity index (χ0) is 20.8. The van der Waals surface area contributed by atoms with Crippen molar-refractivity contribution >= 4 is 34.8 Å². The lowest BCUT2D eigenvalue weighted by atomic mass is 10.1. The van der Waals surface area contributed by atoms with E-state index in [9.17, 15) is 4.79 Å². The van der Waals surface area contributed by atoms with Crippen molar-refractivity contribution in [2.45, 2.75) is 18.7 Å². The van der Waals surface area contributed by atoms with E-state index >= 15 is 0 Å². The van der Waals surface area contributed by atoms with Gasteiger partial charge in [-0.25, -0.2) is 5.43 Å². The number of benzene rings is 2. The van der Waals surface area contributed by atoms with E-state index in [-0.39, 0.29) is 11.7 Å². The van der Waals surface area contributed by atoms with Crippen molar-refractivity contribution in [1.29, 1.82) is 0 Å². The monoisotopic (exact) mass is 409 g/mol. The molecule has 0 saturated heterocycles. The Morgan fingerprint density at radius 3 is 2.76 bits per heavy atom. The number of nitrogens with zero attached hydrogens (tertiary/aromatic N) is 2. The van der Waals surface area contributed by atoms with E-state index in [0.29, 0.717) is 17.1 Å². The Morgan fingerprint density at radius 1 is 1.17 bits per heavy atom. The first-order valence-corrected chi connectivity index (χ1v) is 10.0. The molecule has 0 saturated carbocycles. The molecule has 0 aliphatic rings. The molecule has 1 aromatic heterocycles. The third-order valence-electron chi connectivity index (χ3n) is 4.24. The van der Waals surface area contributed by atoms with E-state index in [2.05, 4.69) is 21.6 Å². The Hall–Kier alpha value is -3.06. The maximum Gasteiger partial charge on any atom is 0.250 e. The second-order valence-corrected chi connectivity index (χ2v) is 7.46. The van der Waals surface area contributed by atoms with E-state index in [0.717, 1.165) is 27.1 Å². The fourth-order valence-electron chi connectivity index (χ4n) is 2.92. The molecule has 0 fully saturated rings. The van der Waals surface area contributed by atoms with Crippen molar-refractivity contribution in [1.82, 2.24) is 10.4 Å². The second kappa shape index (κ2) is 9.43. The molecule has 1 amide bonds. The molecule has 0 aliphatic carbocycles. The largest absolute Gasteiger partial charge is 0.493 e. The topological polar surface area (TPSA) is 72.8 Å². The number of rotatable bonds is 7. The molecule has 150 valence electrons. The molecule has 0 atom stereocenters. The van der Waals surface area contributed by atoms with Crippen LogP contribution in [0.1, 0.15) is 16.8 Å². The number of carbonyl (C=O) groups excluding carboxylic acids is 1. The van der Waals surface area contributed by atoms with Crippen molar-refractivity contribution in [2.24, 2.45) is 5.10 Å². The predicted octanol–water partition coefficient (Wildman–Crippen LogP) is 4.11. The summed E-state index contributed by atoms with van der Waals surface area (Å²) in [5, 5.41) is 5.10. The first-order chi connectivity index (χ1) is 14.0. The Labute approximate surface area is 174 Å². The maximum absolute atomic E-state index is 12.3. The van der Waals surface area contributed by atoms with E-state index in [1.54, 1.807) is 26.5 Å². The zero-order valence-electron chi connectivity index (χ0n) is 16.9. The van der Waals surface area contributed by atoms with E-state index in [1.165, 1.54) is 11.8 Å². The summed E-state index contributed by atoms with van der Waals surface area (Å²) in [6.45, 7) is 4.00. The first-order valence-electron chi connectivity index (χ1n) is 9.05. The molecule has 1 heterocycles. The molecule has 7 heteroatoms. The number of fused-ring (bicyclic) bond motifs is 1. The number of aromatic nitrogens is 1. The van der Waals surface area contributed by atoms with Crippen molar-refractivity contribution in [3.63, 3.8) is 0 Å². The summed E-state index contributed by atoms with van der Waals surface area (Å²) in [7, 11) is 3.14. The molecule has 0 bridgehead atoms. The fraction of sp³-hybridized carbons (Fsp3) is 0.227. The summed E-state index contributed by atoms with van der Waals surface area (Å²) >= 11 is 1.47. The van der Waals surface area contributed by atoms with Crippen molar-refractivity contribution in [3.05, 3.63) is 59.3 Å². The molecule has 3 rings (SSSR count). The van der Waals surface area contributed by atoms with Crippen LogP contribution in [-0.4, -0.2) is 37.1 Å². The van der Waals surface area contributed by atoms with Gasteiger partial charge in [-0.1, -0.05) is 17.7 Å². The molecule has 6 nitrogen and oxygen atoms in total. The van der Waals surface area contributed by atoms with Gasteiger partial charge >= 0.3 is 0 Å². The first kappa shape index (κ1) is 20.7. The van der Waals surface area contributed by atoms with Gasteiger partial charge < -0.3 is 9.47 Å². The van der Waals surface area contributed by atoms with Gasteiger partial charge in [0.1, 0.15) is 0 Å². The van der Waals surface area contributed by atoms with Gasteiger partial charge in [0.2, 0.25) is 5.91 Å². The lowest BCUT2D eigenvalue weighted by Gasteiger charge is -2.09. The highest BCUT2D eigenvalue weighted by Gasteiger charge is 2.09. The number of hydrogen-bond acceptors (Lipinski definition) is 6. The highest BCUT2D eigenvalue weighted by atomic mass is 32.2. The van der Waals surface area contributed by atoms with Crippen LogP contribution in [0.5, 0.6) is 11.5 Å². The Morgan fingerprint density at radius 2 is 2.00 bits per heavy atom. The van der Waals surface area contributed by atoms with E-state index in [4.69, 9.17) is 9.47 Å². The predicted molar refractivity (Wildman–Crippen MR) is 117 cm³/mol. The highest BCUT2D eigenvalue weighted by molar-refractivity contribution is 8.00. The molecule has 29 heavy (non-hydrogen) atoms. The van der Waals surface area contributed by atoms with E-state index < -0.39 is 0 Å². The molecular formula is C22H23N3O3S. The van der Waals surface area contributed by atoms with Crippen LogP contribution in [0.15, 0.2) is 52.5 Å². The molecule has 0 spiro atoms. The van der Waals surface area contributed by atoms with Crippen LogP contribution in [0.3, 0.4) is 0 Å². The summed E-state index contributed by atoms with van der Waals surface area (Å²) in [5.74, 6) is 1.23. The number of hydrazone groups is 1. The average Bonchev–Trinajstić information content (AvgIpc) is 2.72. The highest BCUT2D eigenvalue weighted by Crippen LogP contribution is 2.30. The van der Waals surface area contributed by atoms with Crippen molar-refractivity contribution in [2.75, 3.05) is 20.0 Å². The molecule has 0 unspecified atom stereocenters. The normalized spacial score (nSPS) is 11.0. The number of hydrogen-bond donors (Lipinski definition) is 1. The average molecular weight is 410 g/mol. The smallest absolute Gasteiger partial charge is 0.250 e. The molecule has 3 aromatic rings. The number of carbonyl (C=O) groups is 1. The fourth-order valence-corrected chi connectivity index (χ4v) is 3.84. The van der Waals surface area contributed by atoms with Crippen LogP contribution in [-0.2, 0) is 4.79 Å². The van der Waals surface area contributed by atoms with Gasteiger partial charge in [0.05, 0.1) is 31.7 Å². The third kappa shape index (κ3) is 5.06. The maximum atomic E-state index is 12.3. The van der Waals surface area contributed by atoms with Crippen molar-refractivity contribution < 1.29 is 14.3 Å². The van der Waals surface area contributed by atoms with Crippen LogP contribution >= 0.6 is 11.8 Å². The molecule has 1 N–H and O–H groups in total. The minimum Gasteiger partial charge on any atom is -0.493 e. The molecule has 0 radical (unpaired) electrons. The molecule has 2 aromatic carbocycles. The third-order valence-corrected chi connectivity index (χ3v) is 5.29. The number of thioether (sulfide) groups is 1. The number of aryl methyl sites for hydroxylation is 2. The summed E-state index contributed by atoms with van der Waals surface area (Å²) in [5.41, 5.74) is 6.29. The number of pyridine rings is 1. The summed E-state index contributed by atoms with van der Waals surface area (Å²) in [4.78, 5) is 17.8. The van der Waals surface area contributed by atoms with Crippen molar-refractivity contribution in [3.8, 4) is 11.5 Å². The van der Waals surface area contributed by atoms with Crippen LogP contribution in [0, 0.1) is 13.8 Å². The SMILES string of the molecule is COc1cccc(/C=N\NC(=O)CSc2cc(C)nc3ccc(C)cc23)c1OC. The molecule has 0 aliphatic heterocycles. The minimum atomic E-state index is -0.191. The van der Waals surface area contributed by atoms with Crippen LogP contribution in [0.2, 0.25) is 0 Å². The van der Waals surface area contributed by atoms with Gasteiger partial charge in [-0.15, -0.1) is 11.8 Å². The Kier molecular flexibility index (Phi) is 6.72. The van der Waals surface area contributed by atoms with E-state index in [1.807, 2.05) is 44.2 Å². The summed E-state index contributed by atoms with van der Waals surface area (Å²) in [6.07, 6.45) is 1.54. The number of para-hydroxylation sites is 1. The van der Waals surface area contributed by atoms with Gasteiger partial charge in [-0.2, -0.15) is 5.10 Å². The lowest BCUT2D eigenvalue weighted by molar-refractivity contribution is -0.118. The van der Waals surface area contributed by atoms with Gasteiger partial charge in [-0.05, 0) is 44.2 Å². The summed E-state index contributed by atoms with van der Waals surface area (Å²) in [6, 6.07) is 13.6. The summed E-state index contributed by atoms with van der Waals surface area (Å²) < 4.78 is 10.6. The van der Waals surface area contributed by atoms with Gasteiger partial charge in [0.15, 0.2) is 11.5 Å². The minimum absolute atomic E-state index is 0.191. The second-order valence-electron chi connectivity index (χ2n) is 6.45. The van der Waals surface area contributed by atoms with Crippen LogP contribution in [0.25, 0.3) is 10.9 Å². The number of methoxy groups -OCH3 is 2. The van der Waals surface area contributed by atoms with Crippen LogP contribution < -0.4 is 14.9 Å². The number of ether oxygens (including phenoxy) is 2. The quantitative estimate of drug-likeness (QED) is 0.361. The lowest BCUT2D eigenvalue weighted by Crippen LogP contribution is -2.19. The standard InChI is InChI=1S/C22H23N3O3S/c1-14-8-9-18-17(10-14)20(11-15(2)24-18)29-13-21(26)25-23-12-16-6-5-7-19(27-3)22(16)28-4/h5-12H,13H2,1-4H3,(H,25,26)/b23-12-. The Bertz CT molecular complexity index is 1070. The van der Waals surface area contributed by atoms with Crippen LogP contribution in [0.4, 0.5) is 0 Å². The Balaban J connectivity index is 1.66. The number of nitrogens with one attached hydrogen (secondary N) is 1. The number of amides is 1. The van der Waals surface area contributed by atoms with Gasteiger partial charge in [0.25, 0.3) is 0 Å². The van der Waals surface area contributed by atoms with Gasteiger partial charge in [-0.3, -0.25) is 9.78 Å². The zero-order valence-corrected chi connectivity index (χ0v) is 17.7.